The lowest BCUT2D eigenvalue weighted by molar-refractivity contribution is 0.194. The fraction of sp³-hybridized carbons (Fsp3) is 0.500. The summed E-state index contributed by atoms with van der Waals surface area (Å²) in [5.41, 5.74) is 0. The predicted octanol–water partition coefficient (Wildman–Crippen LogP) is 3.06. The first kappa shape index (κ1) is 13.8. The minimum absolute atomic E-state index is 0.824. The highest BCUT2D eigenvalue weighted by Crippen LogP contribution is 2.25. The van der Waals surface area contributed by atoms with Gasteiger partial charge in [0.25, 0.3) is 0 Å². The van der Waals surface area contributed by atoms with Crippen LogP contribution < -0.4 is 5.32 Å². The Morgan fingerprint density at radius 3 is 2.88 bits per heavy atom. The highest BCUT2D eigenvalue weighted by atomic mass is 35.5. The second-order valence-electron chi connectivity index (χ2n) is 3.38. The molecule has 90 valence electrons. The van der Waals surface area contributed by atoms with Crippen LogP contribution in [0.25, 0.3) is 0 Å². The van der Waals surface area contributed by atoms with Crippen LogP contribution in [-0.4, -0.2) is 32.6 Å². The van der Waals surface area contributed by atoms with E-state index in [0.717, 1.165) is 41.8 Å². The smallest absolute Gasteiger partial charge is 0.0541 e. The number of hydrogen-bond donors (Lipinski definition) is 1. The van der Waals surface area contributed by atoms with Crippen LogP contribution in [0.2, 0.25) is 5.02 Å². The van der Waals surface area contributed by atoms with Crippen molar-refractivity contribution in [3.63, 3.8) is 0 Å². The Bertz CT molecular complexity index is 296. The van der Waals surface area contributed by atoms with Gasteiger partial charge in [-0.15, -0.1) is 11.8 Å². The lowest BCUT2D eigenvalue weighted by Crippen LogP contribution is -2.19. The summed E-state index contributed by atoms with van der Waals surface area (Å²) in [6, 6.07) is 7.95. The molecule has 1 aromatic carbocycles. The van der Waals surface area contributed by atoms with Gasteiger partial charge in [0.1, 0.15) is 0 Å². The van der Waals surface area contributed by atoms with Gasteiger partial charge in [-0.25, -0.2) is 0 Å². The van der Waals surface area contributed by atoms with Crippen molar-refractivity contribution in [1.29, 1.82) is 0 Å². The molecule has 4 heteroatoms. The molecule has 16 heavy (non-hydrogen) atoms. The van der Waals surface area contributed by atoms with E-state index in [-0.39, 0.29) is 0 Å². The number of benzene rings is 1. The third-order valence-corrected chi connectivity index (χ3v) is 3.59. The third kappa shape index (κ3) is 5.75. The molecule has 2 nitrogen and oxygen atoms in total. The lowest BCUT2D eigenvalue weighted by atomic mass is 10.4. The Balaban J connectivity index is 2.05. The minimum atomic E-state index is 0.824. The molecular formula is C12H18ClNOS. The summed E-state index contributed by atoms with van der Waals surface area (Å²) in [5.74, 6) is 1.04. The van der Waals surface area contributed by atoms with E-state index in [0.29, 0.717) is 0 Å². The number of halogens is 1. The maximum Gasteiger partial charge on any atom is 0.0541 e. The predicted molar refractivity (Wildman–Crippen MR) is 71.5 cm³/mol. The molecule has 1 N–H and O–H groups in total. The van der Waals surface area contributed by atoms with Crippen LogP contribution in [0.1, 0.15) is 6.42 Å². The van der Waals surface area contributed by atoms with Crippen LogP contribution in [-0.2, 0) is 4.74 Å². The van der Waals surface area contributed by atoms with E-state index in [4.69, 9.17) is 16.3 Å². The number of hydrogen-bond acceptors (Lipinski definition) is 3. The average Bonchev–Trinajstić information content (AvgIpc) is 2.30. The summed E-state index contributed by atoms with van der Waals surface area (Å²) in [6.07, 6.45) is 1.06. The van der Waals surface area contributed by atoms with Gasteiger partial charge in [-0.2, -0.15) is 0 Å². The molecule has 1 rings (SSSR count). The number of nitrogens with one attached hydrogen (secondary N) is 1. The first-order valence-electron chi connectivity index (χ1n) is 5.41. The molecule has 0 aliphatic carbocycles. The van der Waals surface area contributed by atoms with E-state index in [1.165, 1.54) is 0 Å². The van der Waals surface area contributed by atoms with Crippen LogP contribution >= 0.6 is 23.4 Å². The molecule has 0 saturated heterocycles. The van der Waals surface area contributed by atoms with Gasteiger partial charge in [0.05, 0.1) is 5.02 Å². The molecule has 0 amide bonds. The molecule has 1 aromatic rings. The van der Waals surface area contributed by atoms with Crippen molar-refractivity contribution in [1.82, 2.24) is 5.32 Å². The van der Waals surface area contributed by atoms with Gasteiger partial charge in [-0.1, -0.05) is 23.7 Å². The van der Waals surface area contributed by atoms with Crippen molar-refractivity contribution < 1.29 is 4.74 Å². The van der Waals surface area contributed by atoms with E-state index < -0.39 is 0 Å². The van der Waals surface area contributed by atoms with Crippen molar-refractivity contribution in [3.05, 3.63) is 29.3 Å². The quantitative estimate of drug-likeness (QED) is 0.573. The zero-order valence-electron chi connectivity index (χ0n) is 9.54. The highest BCUT2D eigenvalue weighted by molar-refractivity contribution is 7.99. The van der Waals surface area contributed by atoms with Crippen LogP contribution in [0.4, 0.5) is 0 Å². The largest absolute Gasteiger partial charge is 0.385 e. The lowest BCUT2D eigenvalue weighted by Gasteiger charge is -2.05. The second-order valence-corrected chi connectivity index (χ2v) is 4.92. The van der Waals surface area contributed by atoms with Gasteiger partial charge < -0.3 is 10.1 Å². The Morgan fingerprint density at radius 2 is 2.12 bits per heavy atom. The maximum absolute atomic E-state index is 6.05. The average molecular weight is 260 g/mol. The topological polar surface area (TPSA) is 21.3 Å². The number of ether oxygens (including phenoxy) is 1. The molecule has 0 aliphatic heterocycles. The number of methoxy groups -OCH3 is 1. The zero-order chi connectivity index (χ0) is 11.6. The molecule has 0 bridgehead atoms. The van der Waals surface area contributed by atoms with E-state index in [9.17, 15) is 0 Å². The molecule has 0 heterocycles. The second kappa shape index (κ2) is 8.88. The highest BCUT2D eigenvalue weighted by Gasteiger charge is 1.98. The van der Waals surface area contributed by atoms with E-state index in [1.54, 1.807) is 18.9 Å². The summed E-state index contributed by atoms with van der Waals surface area (Å²) in [6.45, 7) is 2.83. The third-order valence-electron chi connectivity index (χ3n) is 2.08. The van der Waals surface area contributed by atoms with Crippen LogP contribution in [0.3, 0.4) is 0 Å². The Labute approximate surface area is 107 Å². The van der Waals surface area contributed by atoms with Gasteiger partial charge in [0.2, 0.25) is 0 Å². The summed E-state index contributed by atoms with van der Waals surface area (Å²) in [4.78, 5) is 1.16. The van der Waals surface area contributed by atoms with Crippen molar-refractivity contribution in [2.75, 3.05) is 32.6 Å². The van der Waals surface area contributed by atoms with Gasteiger partial charge in [0.15, 0.2) is 0 Å². The molecule has 0 aromatic heterocycles. The van der Waals surface area contributed by atoms with Crippen molar-refractivity contribution >= 4 is 23.4 Å². The van der Waals surface area contributed by atoms with Crippen molar-refractivity contribution in [2.24, 2.45) is 0 Å². The minimum Gasteiger partial charge on any atom is -0.385 e. The van der Waals surface area contributed by atoms with Gasteiger partial charge in [-0.05, 0) is 25.1 Å². The summed E-state index contributed by atoms with van der Waals surface area (Å²) >= 11 is 7.83. The SMILES string of the molecule is COCCCNCCSc1ccccc1Cl. The Hall–Kier alpha value is -0.220. The fourth-order valence-corrected chi connectivity index (χ4v) is 2.41. The van der Waals surface area contributed by atoms with Crippen molar-refractivity contribution in [3.8, 4) is 0 Å². The number of thioether (sulfide) groups is 1. The van der Waals surface area contributed by atoms with Gasteiger partial charge in [-0.3, -0.25) is 0 Å². The Morgan fingerprint density at radius 1 is 1.31 bits per heavy atom. The normalized spacial score (nSPS) is 10.6. The first-order chi connectivity index (χ1) is 7.84. The van der Waals surface area contributed by atoms with Gasteiger partial charge in [0, 0.05) is 30.9 Å². The molecule has 0 fully saturated rings. The zero-order valence-corrected chi connectivity index (χ0v) is 11.1. The van der Waals surface area contributed by atoms with Crippen molar-refractivity contribution in [2.45, 2.75) is 11.3 Å². The van der Waals surface area contributed by atoms with E-state index in [1.807, 2.05) is 18.2 Å². The monoisotopic (exact) mass is 259 g/mol. The molecule has 0 aliphatic rings. The molecular weight excluding hydrogens is 242 g/mol. The molecule has 0 atom stereocenters. The summed E-state index contributed by atoms with van der Waals surface area (Å²) < 4.78 is 4.97. The van der Waals surface area contributed by atoms with E-state index >= 15 is 0 Å². The molecule has 0 saturated carbocycles. The van der Waals surface area contributed by atoms with Crippen LogP contribution in [0.15, 0.2) is 29.2 Å². The fourth-order valence-electron chi connectivity index (χ4n) is 1.26. The maximum atomic E-state index is 6.05. The summed E-state index contributed by atoms with van der Waals surface area (Å²) in [7, 11) is 1.73. The molecule has 0 unspecified atom stereocenters. The molecule has 0 spiro atoms. The van der Waals surface area contributed by atoms with Crippen LogP contribution in [0.5, 0.6) is 0 Å². The Kier molecular flexibility index (Phi) is 7.68. The standard InChI is InChI=1S/C12H18ClNOS/c1-15-9-4-7-14-8-10-16-12-6-3-2-5-11(12)13/h2-3,5-6,14H,4,7-10H2,1H3. The van der Waals surface area contributed by atoms with Crippen LogP contribution in [0, 0.1) is 0 Å². The molecule has 0 radical (unpaired) electrons. The summed E-state index contributed by atoms with van der Waals surface area (Å²) in [5, 5.41) is 4.21. The first-order valence-corrected chi connectivity index (χ1v) is 6.78. The van der Waals surface area contributed by atoms with E-state index in [2.05, 4.69) is 11.4 Å². The number of rotatable bonds is 8. The van der Waals surface area contributed by atoms with Gasteiger partial charge >= 0.3 is 0 Å².